The summed E-state index contributed by atoms with van der Waals surface area (Å²) >= 11 is 1.85. The van der Waals surface area contributed by atoms with Gasteiger partial charge in [0.15, 0.2) is 0 Å². The molecule has 2 aromatic carbocycles. The molecule has 0 amide bonds. The van der Waals surface area contributed by atoms with Crippen molar-refractivity contribution in [1.82, 2.24) is 4.90 Å². The van der Waals surface area contributed by atoms with Crippen molar-refractivity contribution in [2.45, 2.75) is 24.0 Å². The van der Waals surface area contributed by atoms with Gasteiger partial charge in [-0.05, 0) is 43.2 Å². The average Bonchev–Trinajstić information content (AvgIpc) is 2.87. The fourth-order valence-corrected chi connectivity index (χ4v) is 4.06. The third-order valence-electron chi connectivity index (χ3n) is 4.25. The molecule has 1 aliphatic rings. The van der Waals surface area contributed by atoms with E-state index in [1.54, 1.807) is 0 Å². The van der Waals surface area contributed by atoms with Gasteiger partial charge in [0, 0.05) is 24.2 Å². The van der Waals surface area contributed by atoms with Crippen molar-refractivity contribution in [3.05, 3.63) is 84.6 Å². The van der Waals surface area contributed by atoms with Crippen molar-refractivity contribution in [2.75, 3.05) is 13.1 Å². The first-order chi connectivity index (χ1) is 12.3. The maximum absolute atomic E-state index is 4.81. The lowest BCUT2D eigenvalue weighted by molar-refractivity contribution is 0.460. The Kier molecular flexibility index (Phi) is 6.13. The number of benzene rings is 2. The lowest BCUT2D eigenvalue weighted by Crippen LogP contribution is -2.36. The first-order valence-electron chi connectivity index (χ1n) is 8.80. The summed E-state index contributed by atoms with van der Waals surface area (Å²) in [7, 11) is 0. The summed E-state index contributed by atoms with van der Waals surface area (Å²) in [6.45, 7) is 6.30. The predicted octanol–water partition coefficient (Wildman–Crippen LogP) is 5.50. The minimum atomic E-state index is 0.188. The van der Waals surface area contributed by atoms with Crippen molar-refractivity contribution < 1.29 is 0 Å². The van der Waals surface area contributed by atoms with Crippen molar-refractivity contribution in [1.29, 1.82) is 0 Å². The molecule has 0 saturated carbocycles. The summed E-state index contributed by atoms with van der Waals surface area (Å²) in [6.07, 6.45) is 6.40. The third kappa shape index (κ3) is 4.43. The van der Waals surface area contributed by atoms with Crippen LogP contribution in [0.15, 0.2) is 88.9 Å². The van der Waals surface area contributed by atoms with Gasteiger partial charge in [-0.2, -0.15) is 0 Å². The van der Waals surface area contributed by atoms with E-state index in [9.17, 15) is 0 Å². The molecule has 3 rings (SSSR count). The second-order valence-electron chi connectivity index (χ2n) is 5.81. The van der Waals surface area contributed by atoms with Crippen LogP contribution in [0.5, 0.6) is 0 Å². The molecule has 0 aliphatic carbocycles. The van der Waals surface area contributed by atoms with Gasteiger partial charge in [0.05, 0.1) is 5.25 Å². The van der Waals surface area contributed by atoms with Gasteiger partial charge < -0.3 is 4.90 Å². The molecule has 0 radical (unpaired) electrons. The van der Waals surface area contributed by atoms with E-state index in [0.29, 0.717) is 0 Å². The number of allylic oxidation sites excluding steroid dienone is 2. The van der Waals surface area contributed by atoms with Gasteiger partial charge in [-0.25, -0.2) is 4.99 Å². The quantitative estimate of drug-likeness (QED) is 0.709. The average molecular weight is 349 g/mol. The molecule has 2 nitrogen and oxygen atoms in total. The molecular weight excluding hydrogens is 324 g/mol. The maximum Gasteiger partial charge on any atom is 0.122 e. The number of thioether (sulfide) groups is 1. The van der Waals surface area contributed by atoms with E-state index in [1.807, 2.05) is 18.0 Å². The fraction of sp³-hybridized carbons (Fsp3) is 0.227. The first-order valence-corrected chi connectivity index (χ1v) is 9.68. The Hall–Kier alpha value is -2.26. The molecular formula is C22H24N2S. The summed E-state index contributed by atoms with van der Waals surface area (Å²) < 4.78 is 0. The molecule has 128 valence electrons. The van der Waals surface area contributed by atoms with Crippen LogP contribution in [0.4, 0.5) is 0 Å². The molecule has 1 heterocycles. The van der Waals surface area contributed by atoms with E-state index in [-0.39, 0.29) is 5.25 Å². The zero-order valence-corrected chi connectivity index (χ0v) is 15.6. The number of aliphatic imine (C=N–C) groups is 1. The van der Waals surface area contributed by atoms with Crippen LogP contribution in [0.1, 0.15) is 19.4 Å². The zero-order chi connectivity index (χ0) is 17.5. The maximum atomic E-state index is 4.81. The highest BCUT2D eigenvalue weighted by Crippen LogP contribution is 2.30. The van der Waals surface area contributed by atoms with Crippen LogP contribution in [-0.4, -0.2) is 29.1 Å². The summed E-state index contributed by atoms with van der Waals surface area (Å²) in [5, 5.41) is 0.188. The number of nitrogens with zero attached hydrogens (tertiary/aromatic N) is 2. The molecule has 25 heavy (non-hydrogen) atoms. The largest absolute Gasteiger partial charge is 0.359 e. The Labute approximate surface area is 155 Å². The molecule has 0 bridgehead atoms. The van der Waals surface area contributed by atoms with Crippen LogP contribution >= 0.6 is 11.8 Å². The van der Waals surface area contributed by atoms with E-state index in [0.717, 1.165) is 18.9 Å². The second kappa shape index (κ2) is 8.72. The zero-order valence-electron chi connectivity index (χ0n) is 14.8. The van der Waals surface area contributed by atoms with E-state index in [2.05, 4.69) is 91.6 Å². The molecule has 2 aromatic rings. The second-order valence-corrected chi connectivity index (χ2v) is 7.03. The predicted molar refractivity (Wildman–Crippen MR) is 110 cm³/mol. The Morgan fingerprint density at radius 1 is 0.920 bits per heavy atom. The molecule has 0 fully saturated rings. The van der Waals surface area contributed by atoms with E-state index >= 15 is 0 Å². The molecule has 0 saturated heterocycles. The van der Waals surface area contributed by atoms with E-state index < -0.39 is 0 Å². The van der Waals surface area contributed by atoms with Crippen LogP contribution in [0.25, 0.3) is 5.57 Å². The third-order valence-corrected chi connectivity index (χ3v) is 5.39. The minimum absolute atomic E-state index is 0.188. The molecule has 1 aliphatic heterocycles. The van der Waals surface area contributed by atoms with Gasteiger partial charge in [0.25, 0.3) is 0 Å². The van der Waals surface area contributed by atoms with E-state index in [4.69, 9.17) is 4.99 Å². The summed E-state index contributed by atoms with van der Waals surface area (Å²) in [4.78, 5) is 8.41. The Balaban J connectivity index is 1.98. The molecule has 0 N–H and O–H groups in total. The summed E-state index contributed by atoms with van der Waals surface area (Å²) in [5.74, 6) is 1.13. The molecule has 0 aromatic heterocycles. The van der Waals surface area contributed by atoms with Gasteiger partial charge in [-0.3, -0.25) is 0 Å². The van der Waals surface area contributed by atoms with Crippen molar-refractivity contribution >= 4 is 23.2 Å². The van der Waals surface area contributed by atoms with Crippen LogP contribution < -0.4 is 0 Å². The first kappa shape index (κ1) is 17.6. The standard InChI is InChI=1S/C22H24N2S/c1-3-24(4-2)22-21(25-20-13-9-6-10-14-20)17-19(15-16-23-22)18-11-7-5-8-12-18/h5-17,21H,3-4H2,1-2H3/t21-/m0/s1. The Morgan fingerprint density at radius 3 is 2.20 bits per heavy atom. The number of hydrogen-bond acceptors (Lipinski definition) is 3. The molecule has 0 unspecified atom stereocenters. The fourth-order valence-electron chi connectivity index (χ4n) is 2.93. The highest BCUT2D eigenvalue weighted by atomic mass is 32.2. The van der Waals surface area contributed by atoms with Gasteiger partial charge in [-0.15, -0.1) is 11.8 Å². The number of rotatable bonds is 5. The molecule has 0 spiro atoms. The van der Waals surface area contributed by atoms with Crippen LogP contribution in [0.2, 0.25) is 0 Å². The summed E-state index contributed by atoms with van der Waals surface area (Å²) in [6, 6.07) is 21.1. The van der Waals surface area contributed by atoms with E-state index in [1.165, 1.54) is 16.0 Å². The van der Waals surface area contributed by atoms with Crippen LogP contribution in [0.3, 0.4) is 0 Å². The highest BCUT2D eigenvalue weighted by molar-refractivity contribution is 8.00. The Bertz CT molecular complexity index is 759. The SMILES string of the molecule is CCN(CC)C1=NC=CC(c2ccccc2)=C[C@@H]1Sc1ccccc1. The smallest absolute Gasteiger partial charge is 0.122 e. The normalized spacial score (nSPS) is 16.8. The van der Waals surface area contributed by atoms with Crippen molar-refractivity contribution in [3.63, 3.8) is 0 Å². The Morgan fingerprint density at radius 2 is 1.56 bits per heavy atom. The highest BCUT2D eigenvalue weighted by Gasteiger charge is 2.21. The van der Waals surface area contributed by atoms with Gasteiger partial charge in [0.2, 0.25) is 0 Å². The summed E-state index contributed by atoms with van der Waals surface area (Å²) in [5.41, 5.74) is 2.45. The van der Waals surface area contributed by atoms with Gasteiger partial charge >= 0.3 is 0 Å². The van der Waals surface area contributed by atoms with Gasteiger partial charge in [-0.1, -0.05) is 54.6 Å². The van der Waals surface area contributed by atoms with Crippen molar-refractivity contribution in [2.24, 2.45) is 4.99 Å². The van der Waals surface area contributed by atoms with Crippen LogP contribution in [0, 0.1) is 0 Å². The number of hydrogen-bond donors (Lipinski definition) is 0. The number of amidine groups is 1. The lowest BCUT2D eigenvalue weighted by atomic mass is 10.0. The monoisotopic (exact) mass is 348 g/mol. The topological polar surface area (TPSA) is 15.6 Å². The van der Waals surface area contributed by atoms with Gasteiger partial charge in [0.1, 0.15) is 5.84 Å². The molecule has 1 atom stereocenters. The minimum Gasteiger partial charge on any atom is -0.359 e. The lowest BCUT2D eigenvalue weighted by Gasteiger charge is -2.27. The molecule has 3 heteroatoms. The van der Waals surface area contributed by atoms with Crippen LogP contribution in [-0.2, 0) is 0 Å². The van der Waals surface area contributed by atoms with Crippen molar-refractivity contribution in [3.8, 4) is 0 Å².